The van der Waals surface area contributed by atoms with Gasteiger partial charge in [0.05, 0.1) is 0 Å². The van der Waals surface area contributed by atoms with E-state index in [9.17, 15) is 0 Å². The van der Waals surface area contributed by atoms with Crippen LogP contribution in [-0.4, -0.2) is 0 Å². The summed E-state index contributed by atoms with van der Waals surface area (Å²) in [4.78, 5) is 0. The van der Waals surface area contributed by atoms with E-state index >= 15 is 0 Å². The molecule has 0 spiro atoms. The van der Waals surface area contributed by atoms with Crippen LogP contribution in [0.1, 0.15) is 32.6 Å². The maximum Gasteiger partial charge on any atom is -0.0242 e. The maximum atomic E-state index is 3.79. The molecule has 1 aliphatic rings. The highest BCUT2D eigenvalue weighted by molar-refractivity contribution is 5.25. The highest BCUT2D eigenvalue weighted by atomic mass is 14.0. The van der Waals surface area contributed by atoms with Gasteiger partial charge in [0.15, 0.2) is 0 Å². The molecule has 1 rings (SSSR count). The van der Waals surface area contributed by atoms with Gasteiger partial charge in [-0.25, -0.2) is 0 Å². The molecule has 13 heavy (non-hydrogen) atoms. The summed E-state index contributed by atoms with van der Waals surface area (Å²) in [5.74, 6) is 0. The van der Waals surface area contributed by atoms with Crippen LogP contribution in [-0.2, 0) is 0 Å². The van der Waals surface area contributed by atoms with Crippen molar-refractivity contribution >= 4 is 0 Å². The lowest BCUT2D eigenvalue weighted by molar-refractivity contribution is 0.922. The fourth-order valence-electron chi connectivity index (χ4n) is 1.51. The minimum Gasteiger partial charge on any atom is -0.0988 e. The van der Waals surface area contributed by atoms with E-state index in [0.717, 1.165) is 12.8 Å². The molecule has 0 heterocycles. The third-order valence-electron chi connectivity index (χ3n) is 2.41. The predicted octanol–water partition coefficient (Wildman–Crippen LogP) is 4.18. The van der Waals surface area contributed by atoms with Gasteiger partial charge in [-0.1, -0.05) is 48.1 Å². The summed E-state index contributed by atoms with van der Waals surface area (Å²) in [5.41, 5.74) is 2.83. The van der Waals surface area contributed by atoms with Crippen molar-refractivity contribution in [3.63, 3.8) is 0 Å². The van der Waals surface area contributed by atoms with Crippen molar-refractivity contribution in [2.75, 3.05) is 0 Å². The molecule has 0 amide bonds. The summed E-state index contributed by atoms with van der Waals surface area (Å²) in [6.45, 7) is 5.86. The molecular formula is C13H18. The third-order valence-corrected chi connectivity index (χ3v) is 2.41. The second kappa shape index (κ2) is 5.58. The molecule has 0 fully saturated rings. The summed E-state index contributed by atoms with van der Waals surface area (Å²) >= 11 is 0. The molecule has 0 heteroatoms. The third kappa shape index (κ3) is 3.45. The molecule has 0 aromatic carbocycles. The quantitative estimate of drug-likeness (QED) is 0.561. The van der Waals surface area contributed by atoms with Gasteiger partial charge in [0, 0.05) is 0 Å². The predicted molar refractivity (Wildman–Crippen MR) is 59.6 cm³/mol. The fourth-order valence-corrected chi connectivity index (χ4v) is 1.51. The Morgan fingerprint density at radius 3 is 2.92 bits per heavy atom. The van der Waals surface area contributed by atoms with Crippen LogP contribution < -0.4 is 0 Å². The highest BCUT2D eigenvalue weighted by Gasteiger charge is 1.98. The normalized spacial score (nSPS) is 17.0. The summed E-state index contributed by atoms with van der Waals surface area (Å²) in [6, 6.07) is 0. The van der Waals surface area contributed by atoms with Crippen molar-refractivity contribution in [3.05, 3.63) is 48.1 Å². The van der Waals surface area contributed by atoms with Gasteiger partial charge in [0.25, 0.3) is 0 Å². The molecule has 0 bridgehead atoms. The summed E-state index contributed by atoms with van der Waals surface area (Å²) in [7, 11) is 0. The van der Waals surface area contributed by atoms with Crippen molar-refractivity contribution in [1.82, 2.24) is 0 Å². The molecule has 0 unspecified atom stereocenters. The Kier molecular flexibility index (Phi) is 4.31. The first kappa shape index (κ1) is 10.0. The number of rotatable bonds is 4. The van der Waals surface area contributed by atoms with Crippen molar-refractivity contribution in [2.45, 2.75) is 32.6 Å². The van der Waals surface area contributed by atoms with Crippen LogP contribution in [0.2, 0.25) is 0 Å². The second-order valence-electron chi connectivity index (χ2n) is 3.33. The van der Waals surface area contributed by atoms with E-state index in [4.69, 9.17) is 0 Å². The largest absolute Gasteiger partial charge is 0.0988 e. The van der Waals surface area contributed by atoms with Gasteiger partial charge in [-0.15, -0.1) is 0 Å². The molecule has 0 aromatic heterocycles. The van der Waals surface area contributed by atoms with Crippen LogP contribution in [0.25, 0.3) is 0 Å². The average Bonchev–Trinajstić information content (AvgIpc) is 2.21. The highest BCUT2D eigenvalue weighted by Crippen LogP contribution is 2.17. The molecule has 0 radical (unpaired) electrons. The molecule has 0 N–H and O–H groups in total. The van der Waals surface area contributed by atoms with E-state index < -0.39 is 0 Å². The van der Waals surface area contributed by atoms with E-state index in [2.05, 4.69) is 37.8 Å². The first-order valence-corrected chi connectivity index (χ1v) is 5.00. The number of allylic oxidation sites excluding steroid dienone is 7. The Balaban J connectivity index is 2.37. The maximum absolute atomic E-state index is 3.79. The van der Waals surface area contributed by atoms with Crippen LogP contribution >= 0.6 is 0 Å². The lowest BCUT2D eigenvalue weighted by atomic mass is 10.00. The van der Waals surface area contributed by atoms with E-state index in [1.54, 1.807) is 0 Å². The Hall–Kier alpha value is -1.04. The van der Waals surface area contributed by atoms with Gasteiger partial charge >= 0.3 is 0 Å². The molecule has 0 atom stereocenters. The average molecular weight is 174 g/mol. The van der Waals surface area contributed by atoms with E-state index in [0.29, 0.717) is 0 Å². The summed E-state index contributed by atoms with van der Waals surface area (Å²) in [5, 5.41) is 0. The van der Waals surface area contributed by atoms with E-state index in [1.807, 2.05) is 6.08 Å². The summed E-state index contributed by atoms with van der Waals surface area (Å²) in [6.07, 6.45) is 15.6. The Morgan fingerprint density at radius 2 is 2.38 bits per heavy atom. The zero-order valence-corrected chi connectivity index (χ0v) is 8.42. The molecular weight excluding hydrogens is 156 g/mol. The molecule has 0 saturated carbocycles. The smallest absolute Gasteiger partial charge is 0.0242 e. The minimum absolute atomic E-state index is 1.12. The van der Waals surface area contributed by atoms with Crippen LogP contribution in [0.5, 0.6) is 0 Å². The van der Waals surface area contributed by atoms with Gasteiger partial charge in [0.2, 0.25) is 0 Å². The Morgan fingerprint density at radius 1 is 1.54 bits per heavy atom. The van der Waals surface area contributed by atoms with Crippen LogP contribution in [0, 0.1) is 0 Å². The van der Waals surface area contributed by atoms with Crippen LogP contribution in [0.15, 0.2) is 48.1 Å². The first-order chi connectivity index (χ1) is 6.36. The fraction of sp³-hybridized carbons (Fsp3) is 0.385. The zero-order valence-electron chi connectivity index (χ0n) is 8.42. The van der Waals surface area contributed by atoms with E-state index in [-0.39, 0.29) is 0 Å². The van der Waals surface area contributed by atoms with Gasteiger partial charge in [0.1, 0.15) is 0 Å². The molecule has 0 saturated heterocycles. The zero-order chi connectivity index (χ0) is 9.52. The number of hydrogen-bond acceptors (Lipinski definition) is 0. The van der Waals surface area contributed by atoms with Gasteiger partial charge in [-0.3, -0.25) is 0 Å². The first-order valence-electron chi connectivity index (χ1n) is 5.00. The van der Waals surface area contributed by atoms with Crippen molar-refractivity contribution in [3.8, 4) is 0 Å². The second-order valence-corrected chi connectivity index (χ2v) is 3.33. The number of hydrogen-bond donors (Lipinski definition) is 0. The Bertz CT molecular complexity index is 251. The standard InChI is InChI=1S/C13H18/c1-3-12(4-2)10-11-13-8-6-5-7-9-13/h3-4,6,8-9H,1,5,7,10-11H2,2H3/b12-4+. The van der Waals surface area contributed by atoms with Crippen molar-refractivity contribution in [2.24, 2.45) is 0 Å². The summed E-state index contributed by atoms with van der Waals surface area (Å²) < 4.78 is 0. The molecule has 0 nitrogen and oxygen atoms in total. The minimum atomic E-state index is 1.12. The lowest BCUT2D eigenvalue weighted by Gasteiger charge is -2.06. The topological polar surface area (TPSA) is 0 Å². The van der Waals surface area contributed by atoms with Gasteiger partial charge < -0.3 is 0 Å². The Labute approximate surface area is 81.4 Å². The van der Waals surface area contributed by atoms with Crippen LogP contribution in [0.4, 0.5) is 0 Å². The monoisotopic (exact) mass is 174 g/mol. The van der Waals surface area contributed by atoms with Crippen molar-refractivity contribution in [1.29, 1.82) is 0 Å². The molecule has 0 aromatic rings. The van der Waals surface area contributed by atoms with E-state index in [1.165, 1.54) is 24.0 Å². The molecule has 0 aliphatic heterocycles. The van der Waals surface area contributed by atoms with Crippen molar-refractivity contribution < 1.29 is 0 Å². The van der Waals surface area contributed by atoms with Gasteiger partial charge in [-0.2, -0.15) is 0 Å². The SMILES string of the molecule is C=C/C(=C\C)CCC1=CCCC=C1. The lowest BCUT2D eigenvalue weighted by Crippen LogP contribution is -1.86. The molecule has 70 valence electrons. The van der Waals surface area contributed by atoms with Gasteiger partial charge in [-0.05, 0) is 32.6 Å². The molecule has 1 aliphatic carbocycles. The van der Waals surface area contributed by atoms with Crippen LogP contribution in [0.3, 0.4) is 0 Å².